The molecule has 2 saturated heterocycles. The van der Waals surface area contributed by atoms with Gasteiger partial charge in [-0.25, -0.2) is 4.98 Å². The second-order valence-electron chi connectivity index (χ2n) is 6.41. The predicted octanol–water partition coefficient (Wildman–Crippen LogP) is 2.40. The lowest BCUT2D eigenvalue weighted by Gasteiger charge is -2.35. The summed E-state index contributed by atoms with van der Waals surface area (Å²) in [5.41, 5.74) is 2.41. The maximum absolute atomic E-state index is 5.48. The van der Waals surface area contributed by atoms with E-state index in [9.17, 15) is 0 Å². The smallest absolute Gasteiger partial charge is 0.131 e. The van der Waals surface area contributed by atoms with E-state index in [1.54, 1.807) is 0 Å². The largest absolute Gasteiger partial charge is 0.378 e. The van der Waals surface area contributed by atoms with Gasteiger partial charge in [0.15, 0.2) is 0 Å². The van der Waals surface area contributed by atoms with Crippen LogP contribution in [0.4, 0.5) is 11.5 Å². The van der Waals surface area contributed by atoms with Crippen molar-refractivity contribution < 1.29 is 4.74 Å². The molecule has 4 rings (SSSR count). The third-order valence-corrected chi connectivity index (χ3v) is 4.86. The Hall–Kier alpha value is -1.37. The van der Waals surface area contributed by atoms with E-state index >= 15 is 0 Å². The molecule has 1 aromatic heterocycles. The molecule has 1 aromatic carbocycles. The third-order valence-electron chi connectivity index (χ3n) is 4.86. The molecular formula is C18H25BrN4O. The van der Waals surface area contributed by atoms with E-state index in [2.05, 4.69) is 52.1 Å². The summed E-state index contributed by atoms with van der Waals surface area (Å²) in [6, 6.07) is 10.8. The van der Waals surface area contributed by atoms with Crippen molar-refractivity contribution in [3.63, 3.8) is 0 Å². The normalized spacial score (nSPS) is 19.4. The highest BCUT2D eigenvalue weighted by atomic mass is 79.9. The van der Waals surface area contributed by atoms with Gasteiger partial charge in [0.2, 0.25) is 0 Å². The van der Waals surface area contributed by atoms with Crippen molar-refractivity contribution in [2.75, 3.05) is 69.3 Å². The van der Waals surface area contributed by atoms with Gasteiger partial charge in [-0.2, -0.15) is 0 Å². The maximum Gasteiger partial charge on any atom is 0.131 e. The minimum atomic E-state index is 0. The van der Waals surface area contributed by atoms with E-state index in [4.69, 9.17) is 9.72 Å². The molecule has 0 atom stereocenters. The maximum atomic E-state index is 5.48. The summed E-state index contributed by atoms with van der Waals surface area (Å²) >= 11 is 0. The molecule has 0 aliphatic carbocycles. The number of rotatable bonds is 2. The van der Waals surface area contributed by atoms with Gasteiger partial charge >= 0.3 is 0 Å². The number of para-hydroxylation sites is 1. The van der Waals surface area contributed by atoms with E-state index in [0.717, 1.165) is 63.8 Å². The minimum Gasteiger partial charge on any atom is -0.378 e. The van der Waals surface area contributed by atoms with Crippen molar-refractivity contribution in [1.29, 1.82) is 0 Å². The summed E-state index contributed by atoms with van der Waals surface area (Å²) in [5, 5.41) is 1.26. The number of piperazine rings is 1. The molecular weight excluding hydrogens is 368 g/mol. The van der Waals surface area contributed by atoms with Crippen molar-refractivity contribution >= 4 is 39.4 Å². The van der Waals surface area contributed by atoms with E-state index in [-0.39, 0.29) is 17.0 Å². The van der Waals surface area contributed by atoms with Gasteiger partial charge in [-0.3, -0.25) is 0 Å². The third kappa shape index (κ3) is 3.50. The van der Waals surface area contributed by atoms with Gasteiger partial charge in [0.25, 0.3) is 0 Å². The van der Waals surface area contributed by atoms with Crippen molar-refractivity contribution in [2.45, 2.75) is 0 Å². The molecule has 0 bridgehead atoms. The summed E-state index contributed by atoms with van der Waals surface area (Å²) in [7, 11) is 2.20. The van der Waals surface area contributed by atoms with Crippen molar-refractivity contribution in [2.24, 2.45) is 0 Å². The second-order valence-corrected chi connectivity index (χ2v) is 6.41. The first-order valence-electron chi connectivity index (χ1n) is 8.47. The highest BCUT2D eigenvalue weighted by Crippen LogP contribution is 2.31. The molecule has 2 fully saturated rings. The molecule has 130 valence electrons. The quantitative estimate of drug-likeness (QED) is 0.783. The Morgan fingerprint density at radius 1 is 0.917 bits per heavy atom. The molecule has 2 aliphatic rings. The lowest BCUT2D eigenvalue weighted by Crippen LogP contribution is -2.44. The summed E-state index contributed by atoms with van der Waals surface area (Å²) in [6.45, 7) is 7.81. The lowest BCUT2D eigenvalue weighted by molar-refractivity contribution is 0.122. The molecule has 0 amide bonds. The molecule has 0 saturated carbocycles. The zero-order valence-corrected chi connectivity index (χ0v) is 15.9. The zero-order chi connectivity index (χ0) is 15.6. The first-order valence-corrected chi connectivity index (χ1v) is 8.47. The van der Waals surface area contributed by atoms with E-state index in [0.29, 0.717) is 0 Å². The SMILES string of the molecule is Br.CN1CCN(c2cc(N3CCOCC3)nc3ccccc23)CC1. The second kappa shape index (κ2) is 7.68. The molecule has 6 heteroatoms. The predicted molar refractivity (Wildman–Crippen MR) is 105 cm³/mol. The summed E-state index contributed by atoms with van der Waals surface area (Å²) in [6.07, 6.45) is 0. The molecule has 0 radical (unpaired) electrons. The van der Waals surface area contributed by atoms with E-state index in [1.807, 2.05) is 0 Å². The van der Waals surface area contributed by atoms with Crippen molar-refractivity contribution in [3.05, 3.63) is 30.3 Å². The monoisotopic (exact) mass is 392 g/mol. The molecule has 0 N–H and O–H groups in total. The van der Waals surface area contributed by atoms with Crippen LogP contribution in [0.3, 0.4) is 0 Å². The summed E-state index contributed by atoms with van der Waals surface area (Å²) < 4.78 is 5.48. The van der Waals surface area contributed by atoms with Crippen LogP contribution in [0.25, 0.3) is 10.9 Å². The average molecular weight is 393 g/mol. The molecule has 2 aliphatic heterocycles. The van der Waals surface area contributed by atoms with Gasteiger partial charge in [0.05, 0.1) is 18.7 Å². The Morgan fingerprint density at radius 2 is 1.62 bits per heavy atom. The average Bonchev–Trinajstić information content (AvgIpc) is 2.62. The number of fused-ring (bicyclic) bond motifs is 1. The molecule has 5 nitrogen and oxygen atoms in total. The number of likely N-dealkylation sites (N-methyl/N-ethyl adjacent to an activating group) is 1. The fourth-order valence-electron chi connectivity index (χ4n) is 3.41. The van der Waals surface area contributed by atoms with Crippen molar-refractivity contribution in [3.8, 4) is 0 Å². The van der Waals surface area contributed by atoms with Gasteiger partial charge in [0, 0.05) is 56.4 Å². The lowest BCUT2D eigenvalue weighted by atomic mass is 10.1. The highest BCUT2D eigenvalue weighted by molar-refractivity contribution is 8.93. The zero-order valence-electron chi connectivity index (χ0n) is 14.1. The number of halogens is 1. The van der Waals surface area contributed by atoms with Crippen LogP contribution in [-0.4, -0.2) is 69.4 Å². The number of hydrogen-bond acceptors (Lipinski definition) is 5. The fourth-order valence-corrected chi connectivity index (χ4v) is 3.41. The summed E-state index contributed by atoms with van der Waals surface area (Å²) in [4.78, 5) is 12.1. The number of morpholine rings is 1. The van der Waals surface area contributed by atoms with Crippen LogP contribution >= 0.6 is 17.0 Å². The first-order chi connectivity index (χ1) is 11.3. The van der Waals surface area contributed by atoms with Crippen LogP contribution in [0.5, 0.6) is 0 Å². The number of hydrogen-bond donors (Lipinski definition) is 0. The number of anilines is 2. The molecule has 2 aromatic rings. The van der Waals surface area contributed by atoms with Crippen LogP contribution in [0.2, 0.25) is 0 Å². The van der Waals surface area contributed by atoms with Crippen LogP contribution in [0, 0.1) is 0 Å². The molecule has 0 unspecified atom stereocenters. The number of aromatic nitrogens is 1. The number of pyridine rings is 1. The Bertz CT molecular complexity index is 682. The standard InChI is InChI=1S/C18H24N4O.BrH/c1-20-6-8-21(9-7-20)17-14-18(22-10-12-23-13-11-22)19-16-5-3-2-4-15(16)17;/h2-5,14H,6-13H2,1H3;1H. The van der Waals surface area contributed by atoms with Crippen molar-refractivity contribution in [1.82, 2.24) is 9.88 Å². The Morgan fingerprint density at radius 3 is 2.38 bits per heavy atom. The van der Waals surface area contributed by atoms with E-state index < -0.39 is 0 Å². The molecule has 0 spiro atoms. The Balaban J connectivity index is 0.00000169. The first kappa shape index (κ1) is 17.5. The minimum absolute atomic E-state index is 0. The topological polar surface area (TPSA) is 31.8 Å². The number of benzene rings is 1. The fraction of sp³-hybridized carbons (Fsp3) is 0.500. The van der Waals surface area contributed by atoms with Gasteiger partial charge < -0.3 is 19.4 Å². The van der Waals surface area contributed by atoms with Gasteiger partial charge in [-0.1, -0.05) is 18.2 Å². The van der Waals surface area contributed by atoms with Crippen LogP contribution in [0.1, 0.15) is 0 Å². The van der Waals surface area contributed by atoms with Gasteiger partial charge in [-0.05, 0) is 13.1 Å². The number of nitrogens with zero attached hydrogens (tertiary/aromatic N) is 4. The Kier molecular flexibility index (Phi) is 5.58. The number of ether oxygens (including phenoxy) is 1. The van der Waals surface area contributed by atoms with Gasteiger partial charge in [-0.15, -0.1) is 17.0 Å². The Labute approximate surface area is 154 Å². The molecule has 24 heavy (non-hydrogen) atoms. The summed E-state index contributed by atoms with van der Waals surface area (Å²) in [5.74, 6) is 1.08. The van der Waals surface area contributed by atoms with E-state index in [1.165, 1.54) is 11.1 Å². The highest BCUT2D eigenvalue weighted by Gasteiger charge is 2.20. The van der Waals surface area contributed by atoms with Gasteiger partial charge in [0.1, 0.15) is 5.82 Å². The van der Waals surface area contributed by atoms with Crippen LogP contribution < -0.4 is 9.80 Å². The van der Waals surface area contributed by atoms with Crippen LogP contribution in [-0.2, 0) is 4.74 Å². The molecule has 3 heterocycles. The van der Waals surface area contributed by atoms with Crippen LogP contribution in [0.15, 0.2) is 30.3 Å².